The molecule has 0 unspecified atom stereocenters. The zero-order valence-corrected chi connectivity index (χ0v) is 28.6. The molecule has 53 heavy (non-hydrogen) atoms. The first-order chi connectivity index (χ1) is 26.3. The maximum absolute atomic E-state index is 5.30. The van der Waals surface area contributed by atoms with E-state index >= 15 is 0 Å². The van der Waals surface area contributed by atoms with Crippen LogP contribution < -0.4 is 0 Å². The number of benzene rings is 9. The number of nitrogens with zero attached hydrogens (tertiary/aromatic N) is 3. The molecule has 1 aromatic heterocycles. The summed E-state index contributed by atoms with van der Waals surface area (Å²) < 4.78 is 0. The predicted octanol–water partition coefficient (Wildman–Crippen LogP) is 12.2. The van der Waals surface area contributed by atoms with Crippen molar-refractivity contribution < 1.29 is 0 Å². The molecule has 244 valence electrons. The van der Waals surface area contributed by atoms with E-state index in [0.717, 1.165) is 27.5 Å². The summed E-state index contributed by atoms with van der Waals surface area (Å²) in [6, 6.07) is 63.6. The molecule has 10 aromatic rings. The number of hydrogen-bond acceptors (Lipinski definition) is 3. The monoisotopic (exact) mass is 671 g/mol. The summed E-state index contributed by atoms with van der Waals surface area (Å²) in [6.45, 7) is 0. The lowest BCUT2D eigenvalue weighted by Crippen LogP contribution is -2.26. The molecule has 0 radical (unpaired) electrons. The Balaban J connectivity index is 1.12. The average Bonchev–Trinajstić information content (AvgIpc) is 3.71. The lowest BCUT2D eigenvalue weighted by Gasteiger charge is -2.30. The van der Waals surface area contributed by atoms with Gasteiger partial charge < -0.3 is 0 Å². The van der Waals surface area contributed by atoms with Crippen molar-refractivity contribution in [1.29, 1.82) is 0 Å². The molecule has 1 spiro atoms. The van der Waals surface area contributed by atoms with Gasteiger partial charge in [0.15, 0.2) is 17.5 Å². The van der Waals surface area contributed by atoms with Gasteiger partial charge in [0.25, 0.3) is 0 Å². The molecule has 0 bridgehead atoms. The highest BCUT2D eigenvalue weighted by Crippen LogP contribution is 2.62. The molecule has 12 rings (SSSR count). The second kappa shape index (κ2) is 10.5. The minimum absolute atomic E-state index is 0.406. The molecular formula is C50H29N3. The lowest BCUT2D eigenvalue weighted by atomic mass is 9.70. The van der Waals surface area contributed by atoms with Crippen molar-refractivity contribution in [3.05, 3.63) is 198 Å². The molecule has 0 amide bonds. The molecule has 0 N–H and O–H groups in total. The maximum atomic E-state index is 5.30. The first-order valence-corrected chi connectivity index (χ1v) is 18.2. The van der Waals surface area contributed by atoms with Crippen LogP contribution in [0.25, 0.3) is 88.4 Å². The van der Waals surface area contributed by atoms with Crippen LogP contribution in [-0.2, 0) is 5.41 Å². The van der Waals surface area contributed by atoms with Gasteiger partial charge in [-0.3, -0.25) is 0 Å². The lowest BCUT2D eigenvalue weighted by molar-refractivity contribution is 0.797. The summed E-state index contributed by atoms with van der Waals surface area (Å²) in [4.78, 5) is 15.7. The van der Waals surface area contributed by atoms with E-state index in [0.29, 0.717) is 17.5 Å². The fraction of sp³-hybridized carbons (Fsp3) is 0.0200. The Labute approximate surface area is 305 Å². The van der Waals surface area contributed by atoms with E-state index in [1.807, 2.05) is 18.2 Å². The normalized spacial score (nSPS) is 13.4. The van der Waals surface area contributed by atoms with Gasteiger partial charge in [0.05, 0.1) is 5.41 Å². The van der Waals surface area contributed by atoms with Crippen LogP contribution in [0.4, 0.5) is 0 Å². The van der Waals surface area contributed by atoms with Crippen LogP contribution in [0.15, 0.2) is 176 Å². The molecule has 0 atom stereocenters. The van der Waals surface area contributed by atoms with Gasteiger partial charge in [-0.15, -0.1) is 0 Å². The van der Waals surface area contributed by atoms with E-state index in [4.69, 9.17) is 15.0 Å². The molecule has 0 fully saturated rings. The van der Waals surface area contributed by atoms with E-state index in [-0.39, 0.29) is 0 Å². The maximum Gasteiger partial charge on any atom is 0.164 e. The molecule has 0 aliphatic heterocycles. The highest BCUT2D eigenvalue weighted by atomic mass is 15.0. The summed E-state index contributed by atoms with van der Waals surface area (Å²) in [7, 11) is 0. The van der Waals surface area contributed by atoms with Gasteiger partial charge in [-0.05, 0) is 88.6 Å². The highest BCUT2D eigenvalue weighted by Gasteiger charge is 2.50. The van der Waals surface area contributed by atoms with Gasteiger partial charge in [-0.2, -0.15) is 0 Å². The van der Waals surface area contributed by atoms with Crippen LogP contribution >= 0.6 is 0 Å². The summed E-state index contributed by atoms with van der Waals surface area (Å²) in [6.07, 6.45) is 0. The molecular weight excluding hydrogens is 643 g/mol. The van der Waals surface area contributed by atoms with Crippen molar-refractivity contribution in [2.75, 3.05) is 0 Å². The van der Waals surface area contributed by atoms with E-state index in [9.17, 15) is 0 Å². The van der Waals surface area contributed by atoms with Gasteiger partial charge in [-0.25, -0.2) is 15.0 Å². The Morgan fingerprint density at radius 1 is 0.302 bits per heavy atom. The Morgan fingerprint density at radius 2 is 0.868 bits per heavy atom. The standard InChI is InChI=1S/C50H29N3/c1-2-12-32(13-3-1)47-51-48(53-49(52-47)40-28-33-14-4-5-17-35(33)36-18-6-7-19-37(36)40)34-26-27-42-39(29-34)38-20-8-9-21-41(38)50(42)43-22-10-15-30-24-25-31-16-11-23-44(50)46(31)45(30)43/h1-29H. The molecule has 3 heteroatoms. The first kappa shape index (κ1) is 28.7. The fourth-order valence-electron chi connectivity index (χ4n) is 9.51. The molecule has 0 saturated carbocycles. The van der Waals surface area contributed by atoms with Crippen LogP contribution in [0.1, 0.15) is 22.3 Å². The highest BCUT2D eigenvalue weighted by molar-refractivity contribution is 6.17. The van der Waals surface area contributed by atoms with Crippen molar-refractivity contribution in [3.8, 4) is 45.3 Å². The van der Waals surface area contributed by atoms with Gasteiger partial charge in [0.1, 0.15) is 0 Å². The van der Waals surface area contributed by atoms with Gasteiger partial charge in [0.2, 0.25) is 0 Å². The SMILES string of the molecule is c1ccc(-c2nc(-c3ccc4c(c3)-c3ccccc3C43c4cccc5ccc6cccc3c6c45)nc(-c3cc4ccccc4c4ccccc34)n2)cc1. The second-order valence-corrected chi connectivity index (χ2v) is 14.3. The van der Waals surface area contributed by atoms with E-state index < -0.39 is 5.41 Å². The quantitative estimate of drug-likeness (QED) is 0.176. The van der Waals surface area contributed by atoms with E-state index in [1.165, 1.54) is 65.7 Å². The first-order valence-electron chi connectivity index (χ1n) is 18.2. The largest absolute Gasteiger partial charge is 0.208 e. The van der Waals surface area contributed by atoms with Crippen molar-refractivity contribution in [3.63, 3.8) is 0 Å². The topological polar surface area (TPSA) is 38.7 Å². The van der Waals surface area contributed by atoms with Crippen molar-refractivity contribution in [1.82, 2.24) is 15.0 Å². The van der Waals surface area contributed by atoms with Gasteiger partial charge in [-0.1, -0.05) is 164 Å². The van der Waals surface area contributed by atoms with Crippen LogP contribution in [-0.4, -0.2) is 15.0 Å². The summed E-state index contributed by atoms with van der Waals surface area (Å²) in [5.41, 5.74) is 10.3. The zero-order chi connectivity index (χ0) is 34.7. The molecule has 2 aliphatic rings. The number of hydrogen-bond donors (Lipinski definition) is 0. The summed E-state index contributed by atoms with van der Waals surface area (Å²) in [5.74, 6) is 1.98. The third-order valence-electron chi connectivity index (χ3n) is 11.7. The van der Waals surface area contributed by atoms with Gasteiger partial charge in [0, 0.05) is 16.7 Å². The Kier molecular flexibility index (Phi) is 5.70. The fourth-order valence-corrected chi connectivity index (χ4v) is 9.51. The summed E-state index contributed by atoms with van der Waals surface area (Å²) in [5, 5.41) is 9.99. The van der Waals surface area contributed by atoms with Crippen molar-refractivity contribution in [2.24, 2.45) is 0 Å². The van der Waals surface area contributed by atoms with Crippen LogP contribution in [0, 0.1) is 0 Å². The number of aromatic nitrogens is 3. The smallest absolute Gasteiger partial charge is 0.164 e. The zero-order valence-electron chi connectivity index (χ0n) is 28.6. The number of fused-ring (bicyclic) bond motifs is 10. The molecule has 3 nitrogen and oxygen atoms in total. The predicted molar refractivity (Wildman–Crippen MR) is 217 cm³/mol. The molecule has 1 heterocycles. The van der Waals surface area contributed by atoms with Crippen LogP contribution in [0.2, 0.25) is 0 Å². The average molecular weight is 672 g/mol. The van der Waals surface area contributed by atoms with Gasteiger partial charge >= 0.3 is 0 Å². The Bertz CT molecular complexity index is 3120. The van der Waals surface area contributed by atoms with Crippen molar-refractivity contribution >= 4 is 43.1 Å². The Morgan fingerprint density at radius 3 is 1.64 bits per heavy atom. The molecule has 0 saturated heterocycles. The third-order valence-corrected chi connectivity index (χ3v) is 11.7. The van der Waals surface area contributed by atoms with Crippen molar-refractivity contribution in [2.45, 2.75) is 5.41 Å². The van der Waals surface area contributed by atoms with E-state index in [1.54, 1.807) is 0 Å². The number of rotatable bonds is 3. The minimum Gasteiger partial charge on any atom is -0.208 e. The third kappa shape index (κ3) is 3.80. The summed E-state index contributed by atoms with van der Waals surface area (Å²) >= 11 is 0. The Hall–Kier alpha value is -6.97. The van der Waals surface area contributed by atoms with Crippen LogP contribution in [0.5, 0.6) is 0 Å². The minimum atomic E-state index is -0.406. The molecule has 2 aliphatic carbocycles. The van der Waals surface area contributed by atoms with Crippen LogP contribution in [0.3, 0.4) is 0 Å². The van der Waals surface area contributed by atoms with E-state index in [2.05, 4.69) is 158 Å². The molecule has 9 aromatic carbocycles. The second-order valence-electron chi connectivity index (χ2n) is 14.3.